The molecule has 0 saturated carbocycles. The van der Waals surface area contributed by atoms with Crippen LogP contribution < -0.4 is 4.74 Å². The van der Waals surface area contributed by atoms with Gasteiger partial charge in [0, 0.05) is 0 Å². The highest BCUT2D eigenvalue weighted by molar-refractivity contribution is 5.91. The normalized spacial score (nSPS) is 10.9. The molecule has 0 amide bonds. The molecule has 0 aliphatic carbocycles. The van der Waals surface area contributed by atoms with E-state index in [1.165, 1.54) is 75.3 Å². The number of unbranched alkanes of at least 4 members (excludes halogenated alkanes) is 10. The minimum absolute atomic E-state index is 0.265. The van der Waals surface area contributed by atoms with E-state index in [2.05, 4.69) is 13.8 Å². The molecule has 0 heterocycles. The van der Waals surface area contributed by atoms with E-state index in [1.54, 1.807) is 0 Å². The summed E-state index contributed by atoms with van der Waals surface area (Å²) < 4.78 is 6.01. The van der Waals surface area contributed by atoms with Crippen LogP contribution in [0.15, 0.2) is 42.5 Å². The number of hydrogen-bond acceptors (Lipinski definition) is 2. The zero-order valence-corrected chi connectivity index (χ0v) is 20.2. The summed E-state index contributed by atoms with van der Waals surface area (Å²) >= 11 is 0. The molecule has 0 aliphatic heterocycles. The van der Waals surface area contributed by atoms with Crippen LogP contribution in [0.4, 0.5) is 0 Å². The molecule has 0 fully saturated rings. The zero-order chi connectivity index (χ0) is 23.0. The van der Waals surface area contributed by atoms with Gasteiger partial charge in [-0.05, 0) is 61.1 Å². The summed E-state index contributed by atoms with van der Waals surface area (Å²) in [5, 5.41) is 9.84. The molecular weight excluding hydrogens is 396 g/mol. The van der Waals surface area contributed by atoms with E-state index in [0.29, 0.717) is 11.5 Å². The second kappa shape index (κ2) is 15.5. The lowest BCUT2D eigenvalue weighted by molar-refractivity contribution is 0.0694. The van der Waals surface area contributed by atoms with Crippen molar-refractivity contribution in [2.45, 2.75) is 104 Å². The summed E-state index contributed by atoms with van der Waals surface area (Å²) in [6, 6.07) is 13.3. The minimum atomic E-state index is -0.925. The van der Waals surface area contributed by atoms with Gasteiger partial charge in [-0.3, -0.25) is 0 Å². The molecule has 176 valence electrons. The lowest BCUT2D eigenvalue weighted by Gasteiger charge is -2.16. The first-order valence-corrected chi connectivity index (χ1v) is 12.8. The Morgan fingerprint density at radius 3 is 1.75 bits per heavy atom. The molecule has 0 saturated heterocycles. The van der Waals surface area contributed by atoms with E-state index in [9.17, 15) is 9.90 Å². The molecule has 0 spiro atoms. The minimum Gasteiger partial charge on any atom is -0.478 e. The first kappa shape index (κ1) is 26.0. The largest absolute Gasteiger partial charge is 0.478 e. The maximum atomic E-state index is 12.0. The topological polar surface area (TPSA) is 46.5 Å². The number of carbonyl (C=O) groups is 1. The molecule has 0 unspecified atom stereocenters. The highest BCUT2D eigenvalue weighted by Crippen LogP contribution is 2.31. The number of benzene rings is 2. The third-order valence-electron chi connectivity index (χ3n) is 6.10. The van der Waals surface area contributed by atoms with E-state index < -0.39 is 5.97 Å². The molecule has 0 atom stereocenters. The molecular formula is C29H42O3. The smallest absolute Gasteiger partial charge is 0.339 e. The van der Waals surface area contributed by atoms with Gasteiger partial charge in [0.1, 0.15) is 17.1 Å². The second-order valence-electron chi connectivity index (χ2n) is 8.87. The summed E-state index contributed by atoms with van der Waals surface area (Å²) in [5.74, 6) is 0.201. The van der Waals surface area contributed by atoms with Gasteiger partial charge in [0.2, 0.25) is 0 Å². The molecule has 0 bridgehead atoms. The number of aryl methyl sites for hydroxylation is 2. The van der Waals surface area contributed by atoms with Crippen LogP contribution in [0.2, 0.25) is 0 Å². The first-order chi connectivity index (χ1) is 15.7. The van der Waals surface area contributed by atoms with Crippen molar-refractivity contribution >= 4 is 5.97 Å². The van der Waals surface area contributed by atoms with Gasteiger partial charge in [-0.15, -0.1) is 0 Å². The van der Waals surface area contributed by atoms with E-state index >= 15 is 0 Å². The zero-order valence-electron chi connectivity index (χ0n) is 20.2. The maximum absolute atomic E-state index is 12.0. The van der Waals surface area contributed by atoms with Crippen molar-refractivity contribution in [2.24, 2.45) is 0 Å². The molecule has 2 rings (SSSR count). The molecule has 0 aliphatic rings. The molecule has 32 heavy (non-hydrogen) atoms. The maximum Gasteiger partial charge on any atom is 0.339 e. The Morgan fingerprint density at radius 1 is 0.719 bits per heavy atom. The number of rotatable bonds is 17. The first-order valence-electron chi connectivity index (χ1n) is 12.8. The molecule has 0 radical (unpaired) electrons. The fourth-order valence-electron chi connectivity index (χ4n) is 4.19. The predicted molar refractivity (Wildman–Crippen MR) is 134 cm³/mol. The molecule has 3 nitrogen and oxygen atoms in total. The van der Waals surface area contributed by atoms with Gasteiger partial charge < -0.3 is 9.84 Å². The molecule has 2 aromatic carbocycles. The predicted octanol–water partition coefficient (Wildman–Crippen LogP) is 8.98. The summed E-state index contributed by atoms with van der Waals surface area (Å²) in [7, 11) is 0. The standard InChI is InChI=1S/C29H42O3/c1-3-5-7-9-11-14-18-24-22-27(29(30)31)28(32-26-20-16-13-17-21-26)23-25(24)19-15-12-10-8-6-4-2/h13,16-17,20-23H,3-12,14-15,18-19H2,1-2H3,(H,30,31). The van der Waals surface area contributed by atoms with Gasteiger partial charge in [-0.2, -0.15) is 0 Å². The highest BCUT2D eigenvalue weighted by Gasteiger charge is 2.17. The van der Waals surface area contributed by atoms with Crippen LogP contribution in [-0.2, 0) is 12.8 Å². The molecule has 0 aromatic heterocycles. The van der Waals surface area contributed by atoms with Gasteiger partial charge in [-0.25, -0.2) is 4.79 Å². The van der Waals surface area contributed by atoms with Crippen LogP contribution in [0.25, 0.3) is 0 Å². The number of para-hydroxylation sites is 1. The number of carboxylic acids is 1. The van der Waals surface area contributed by atoms with E-state index in [1.807, 2.05) is 42.5 Å². The Hall–Kier alpha value is -2.29. The van der Waals surface area contributed by atoms with Crippen LogP contribution in [0.1, 0.15) is 112 Å². The summed E-state index contributed by atoms with van der Waals surface area (Å²) in [5.41, 5.74) is 2.71. The molecule has 2 aromatic rings. The number of hydrogen-bond donors (Lipinski definition) is 1. The summed E-state index contributed by atoms with van der Waals surface area (Å²) in [6.07, 6.45) is 16.9. The Kier molecular flexibility index (Phi) is 12.6. The Balaban J connectivity index is 2.14. The quantitative estimate of drug-likeness (QED) is 0.251. The van der Waals surface area contributed by atoms with Crippen molar-refractivity contribution in [3.05, 3.63) is 59.2 Å². The van der Waals surface area contributed by atoms with Crippen molar-refractivity contribution in [1.82, 2.24) is 0 Å². The van der Waals surface area contributed by atoms with Crippen molar-refractivity contribution in [2.75, 3.05) is 0 Å². The van der Waals surface area contributed by atoms with Crippen LogP contribution in [-0.4, -0.2) is 11.1 Å². The Morgan fingerprint density at radius 2 is 1.22 bits per heavy atom. The number of carboxylic acid groups (broad SMARTS) is 1. The van der Waals surface area contributed by atoms with Crippen LogP contribution in [0, 0.1) is 0 Å². The van der Waals surface area contributed by atoms with E-state index in [0.717, 1.165) is 25.7 Å². The average Bonchev–Trinajstić information content (AvgIpc) is 2.80. The van der Waals surface area contributed by atoms with Crippen LogP contribution in [0.3, 0.4) is 0 Å². The summed E-state index contributed by atoms with van der Waals surface area (Å²) in [6.45, 7) is 4.48. The third kappa shape index (κ3) is 9.46. The van der Waals surface area contributed by atoms with Crippen molar-refractivity contribution in [3.63, 3.8) is 0 Å². The second-order valence-corrected chi connectivity index (χ2v) is 8.87. The van der Waals surface area contributed by atoms with Gasteiger partial charge in [0.25, 0.3) is 0 Å². The van der Waals surface area contributed by atoms with Gasteiger partial charge >= 0.3 is 5.97 Å². The Bertz CT molecular complexity index is 782. The lowest BCUT2D eigenvalue weighted by Crippen LogP contribution is -2.05. The van der Waals surface area contributed by atoms with Crippen molar-refractivity contribution < 1.29 is 14.6 Å². The number of aromatic carboxylic acids is 1. The van der Waals surface area contributed by atoms with Gasteiger partial charge in [-0.1, -0.05) is 96.3 Å². The fourth-order valence-corrected chi connectivity index (χ4v) is 4.19. The molecule has 3 heteroatoms. The highest BCUT2D eigenvalue weighted by atomic mass is 16.5. The monoisotopic (exact) mass is 438 g/mol. The fraction of sp³-hybridized carbons (Fsp3) is 0.552. The van der Waals surface area contributed by atoms with Crippen LogP contribution in [0.5, 0.6) is 11.5 Å². The van der Waals surface area contributed by atoms with Crippen LogP contribution >= 0.6 is 0 Å². The lowest BCUT2D eigenvalue weighted by atomic mass is 9.94. The SMILES string of the molecule is CCCCCCCCc1cc(Oc2ccccc2)c(C(=O)O)cc1CCCCCCCC. The number of ether oxygens (including phenoxy) is 1. The average molecular weight is 439 g/mol. The van der Waals surface area contributed by atoms with Crippen molar-refractivity contribution in [1.29, 1.82) is 0 Å². The third-order valence-corrected chi connectivity index (χ3v) is 6.10. The van der Waals surface area contributed by atoms with Gasteiger partial charge in [0.15, 0.2) is 0 Å². The van der Waals surface area contributed by atoms with Crippen molar-refractivity contribution in [3.8, 4) is 11.5 Å². The Labute approximate surface area is 195 Å². The molecule has 1 N–H and O–H groups in total. The van der Waals surface area contributed by atoms with E-state index in [4.69, 9.17) is 4.74 Å². The van der Waals surface area contributed by atoms with Gasteiger partial charge in [0.05, 0.1) is 0 Å². The summed E-state index contributed by atoms with van der Waals surface area (Å²) in [4.78, 5) is 12.0. The van der Waals surface area contributed by atoms with E-state index in [-0.39, 0.29) is 5.56 Å².